The maximum atomic E-state index is 14.4. The van der Waals surface area contributed by atoms with E-state index in [1.165, 1.54) is 12.1 Å². The number of carbonyl (C=O) groups is 1. The molecule has 0 fully saturated rings. The molecule has 0 aromatic heterocycles. The normalized spacial score (nSPS) is 19.6. The molecule has 2 aliphatic rings. The second-order valence-electron chi connectivity index (χ2n) is 10.5. The molecule has 0 spiro atoms. The predicted octanol–water partition coefficient (Wildman–Crippen LogP) is 6.42. The Bertz CT molecular complexity index is 1580. The number of amides is 1. The zero-order valence-electron chi connectivity index (χ0n) is 22.0. The summed E-state index contributed by atoms with van der Waals surface area (Å²) in [6, 6.07) is 12.3. The highest BCUT2D eigenvalue weighted by Gasteiger charge is 2.62. The number of hydrogen-bond donors (Lipinski definition) is 2. The quantitative estimate of drug-likeness (QED) is 0.253. The molecule has 0 unspecified atom stereocenters. The highest BCUT2D eigenvalue weighted by molar-refractivity contribution is 6.62. The van der Waals surface area contributed by atoms with Crippen LogP contribution in [0.3, 0.4) is 0 Å². The van der Waals surface area contributed by atoms with Crippen LogP contribution in [0, 0.1) is 6.92 Å². The summed E-state index contributed by atoms with van der Waals surface area (Å²) >= 11 is 17.9. The van der Waals surface area contributed by atoms with Crippen LogP contribution in [0.5, 0.6) is 0 Å². The van der Waals surface area contributed by atoms with Crippen LogP contribution in [-0.4, -0.2) is 29.9 Å². The fraction of sp³-hybridized carbons (Fsp3) is 0.286. The molecule has 2 aliphatic heterocycles. The van der Waals surface area contributed by atoms with Crippen molar-refractivity contribution in [3.63, 3.8) is 0 Å². The van der Waals surface area contributed by atoms with E-state index in [9.17, 15) is 23.0 Å². The van der Waals surface area contributed by atoms with Crippen molar-refractivity contribution in [2.24, 2.45) is 5.16 Å². The Labute approximate surface area is 249 Å². The molecule has 0 radical (unpaired) electrons. The maximum absolute atomic E-state index is 14.4. The third-order valence-electron chi connectivity index (χ3n) is 7.33. The van der Waals surface area contributed by atoms with Crippen LogP contribution < -0.4 is 10.8 Å². The zero-order chi connectivity index (χ0) is 29.9. The molecule has 0 aliphatic carbocycles. The number of alkyl halides is 3. The van der Waals surface area contributed by atoms with E-state index >= 15 is 0 Å². The number of nitrogens with zero attached hydrogens (tertiary/aromatic N) is 1. The number of nitrogens with one attached hydrogen (secondary N) is 1. The van der Waals surface area contributed by atoms with Crippen LogP contribution >= 0.6 is 34.8 Å². The van der Waals surface area contributed by atoms with Crippen LogP contribution in [0.25, 0.3) is 0 Å². The van der Waals surface area contributed by atoms with Gasteiger partial charge in [0.1, 0.15) is 0 Å². The third kappa shape index (κ3) is 5.32. The van der Waals surface area contributed by atoms with Crippen molar-refractivity contribution in [1.82, 2.24) is 5.32 Å². The van der Waals surface area contributed by atoms with Gasteiger partial charge in [0.05, 0.1) is 26.4 Å². The minimum Gasteiger partial charge on any atom is -0.423 e. The molecule has 6 nitrogen and oxygen atoms in total. The van der Waals surface area contributed by atoms with E-state index in [4.69, 9.17) is 44.3 Å². The largest absolute Gasteiger partial charge is 0.492 e. The van der Waals surface area contributed by atoms with Crippen LogP contribution in [0.2, 0.25) is 15.1 Å². The van der Waals surface area contributed by atoms with Crippen LogP contribution in [0.1, 0.15) is 58.4 Å². The summed E-state index contributed by atoms with van der Waals surface area (Å²) in [5, 5.41) is 16.5. The fourth-order valence-electron chi connectivity index (χ4n) is 5.10. The van der Waals surface area contributed by atoms with Crippen molar-refractivity contribution < 1.29 is 32.5 Å². The molecule has 41 heavy (non-hydrogen) atoms. The van der Waals surface area contributed by atoms with Gasteiger partial charge in [-0.15, -0.1) is 0 Å². The van der Waals surface area contributed by atoms with E-state index in [-0.39, 0.29) is 38.8 Å². The minimum atomic E-state index is -4.86. The summed E-state index contributed by atoms with van der Waals surface area (Å²) in [6.45, 7) is 5.60. The number of halogens is 6. The maximum Gasteiger partial charge on any atom is 0.492 e. The number of benzene rings is 3. The number of aryl methyl sites for hydroxylation is 1. The molecule has 1 amide bonds. The topological polar surface area (TPSA) is 80.2 Å². The monoisotopic (exact) mass is 624 g/mol. The second kappa shape index (κ2) is 10.5. The molecule has 3 aromatic carbocycles. The van der Waals surface area contributed by atoms with Crippen molar-refractivity contribution in [3.05, 3.63) is 97.0 Å². The van der Waals surface area contributed by atoms with Crippen molar-refractivity contribution in [1.29, 1.82) is 0 Å². The highest BCUT2D eigenvalue weighted by Crippen LogP contribution is 2.50. The van der Waals surface area contributed by atoms with Gasteiger partial charge in [0, 0.05) is 24.1 Å². The second-order valence-corrected chi connectivity index (χ2v) is 11.7. The molecule has 1 atom stereocenters. The Hall–Kier alpha value is -2.76. The van der Waals surface area contributed by atoms with Crippen LogP contribution in [0.4, 0.5) is 13.2 Å². The van der Waals surface area contributed by atoms with Crippen LogP contribution in [-0.2, 0) is 27.2 Å². The lowest BCUT2D eigenvalue weighted by molar-refractivity contribution is -0.275. The lowest BCUT2D eigenvalue weighted by Crippen LogP contribution is -2.42. The summed E-state index contributed by atoms with van der Waals surface area (Å²) < 4.78 is 48.7. The average molecular weight is 626 g/mol. The van der Waals surface area contributed by atoms with E-state index in [1.807, 2.05) is 26.0 Å². The minimum absolute atomic E-state index is 0.0430. The van der Waals surface area contributed by atoms with Gasteiger partial charge in [0.15, 0.2) is 0 Å². The van der Waals surface area contributed by atoms with Gasteiger partial charge in [-0.1, -0.05) is 64.2 Å². The van der Waals surface area contributed by atoms with Gasteiger partial charge in [-0.05, 0) is 72.8 Å². The van der Waals surface area contributed by atoms with Gasteiger partial charge in [-0.2, -0.15) is 13.2 Å². The van der Waals surface area contributed by atoms with E-state index in [0.29, 0.717) is 22.2 Å². The first-order valence-corrected chi connectivity index (χ1v) is 13.6. The molecule has 0 saturated carbocycles. The van der Waals surface area contributed by atoms with Crippen molar-refractivity contribution in [2.75, 3.05) is 0 Å². The molecule has 13 heteroatoms. The van der Waals surface area contributed by atoms with Crippen molar-refractivity contribution >= 4 is 59.0 Å². The molecular weight excluding hydrogens is 602 g/mol. The molecule has 0 saturated heterocycles. The first-order valence-electron chi connectivity index (χ1n) is 12.5. The summed E-state index contributed by atoms with van der Waals surface area (Å²) in [4.78, 5) is 18.0. The van der Waals surface area contributed by atoms with Gasteiger partial charge in [-0.25, -0.2) is 0 Å². The number of fused-ring (bicyclic) bond motifs is 1. The predicted molar refractivity (Wildman–Crippen MR) is 152 cm³/mol. The van der Waals surface area contributed by atoms with E-state index in [2.05, 4.69) is 10.5 Å². The lowest BCUT2D eigenvalue weighted by Gasteiger charge is -2.30. The summed E-state index contributed by atoms with van der Waals surface area (Å²) in [6.07, 6.45) is -5.50. The molecule has 0 bridgehead atoms. The molecule has 2 heterocycles. The average Bonchev–Trinajstić information content (AvgIpc) is 3.45. The molecule has 3 aromatic rings. The Morgan fingerprint density at radius 3 is 2.41 bits per heavy atom. The van der Waals surface area contributed by atoms with Gasteiger partial charge >= 0.3 is 13.3 Å². The van der Waals surface area contributed by atoms with E-state index in [1.54, 1.807) is 19.1 Å². The molecule has 5 rings (SSSR count). The van der Waals surface area contributed by atoms with Gasteiger partial charge in [-0.3, -0.25) is 4.79 Å². The number of rotatable bonds is 5. The van der Waals surface area contributed by atoms with Gasteiger partial charge in [0.25, 0.3) is 11.5 Å². The smallest absolute Gasteiger partial charge is 0.423 e. The van der Waals surface area contributed by atoms with E-state index < -0.39 is 30.9 Å². The summed E-state index contributed by atoms with van der Waals surface area (Å²) in [7, 11) is -1.04. The SMILES string of the molecule is Cc1cc(C2=NO[C@](c3cc(Cl)c(Cl)c(Cl)c3)(C(F)(F)F)C2)ccc1C(=O)NCc1ccc2c(c1)B(O)OC2(C)C. The first-order chi connectivity index (χ1) is 19.1. The van der Waals surface area contributed by atoms with Crippen molar-refractivity contribution in [3.8, 4) is 0 Å². The van der Waals surface area contributed by atoms with Crippen molar-refractivity contribution in [2.45, 2.75) is 51.1 Å². The zero-order valence-corrected chi connectivity index (χ0v) is 24.3. The lowest BCUT2D eigenvalue weighted by atomic mass is 9.77. The fourth-order valence-corrected chi connectivity index (χ4v) is 5.70. The van der Waals surface area contributed by atoms with E-state index in [0.717, 1.165) is 23.3 Å². The standard InChI is InChI=1S/C28H23BCl3F3N2O4/c1-14-8-16(23-12-27(41-37-23,28(33,34)35)17-10-21(30)24(32)22(31)11-17)5-6-18(14)25(38)36-13-15-4-7-19-20(9-15)29(39)40-26(19,2)3/h4-11,39H,12-13H2,1-3H3,(H,36,38)/t27-/m1/s1. The number of hydrogen-bond acceptors (Lipinski definition) is 5. The number of oxime groups is 1. The van der Waals surface area contributed by atoms with Gasteiger partial charge < -0.3 is 19.8 Å². The molecular formula is C28H23BCl3F3N2O4. The summed E-state index contributed by atoms with van der Waals surface area (Å²) in [5.74, 6) is -0.369. The van der Waals surface area contributed by atoms with Crippen LogP contribution in [0.15, 0.2) is 53.7 Å². The third-order valence-corrected chi connectivity index (χ3v) is 8.53. The Balaban J connectivity index is 1.32. The summed E-state index contributed by atoms with van der Waals surface area (Å²) in [5.41, 5.74) is -0.163. The molecule has 214 valence electrons. The Morgan fingerprint density at radius 1 is 1.10 bits per heavy atom. The Morgan fingerprint density at radius 2 is 1.78 bits per heavy atom. The van der Waals surface area contributed by atoms with Gasteiger partial charge in [0.2, 0.25) is 0 Å². The first kappa shape index (κ1) is 29.7. The highest BCUT2D eigenvalue weighted by atomic mass is 35.5. The Kier molecular flexibility index (Phi) is 7.62. The molecule has 2 N–H and O–H groups in total. The number of carbonyl (C=O) groups excluding carboxylic acids is 1.